The average Bonchev–Trinajstić information content (AvgIpc) is 3.41. The molecule has 0 saturated carbocycles. The molecule has 146 valence electrons. The number of rotatable bonds is 7. The Morgan fingerprint density at radius 2 is 1.93 bits per heavy atom. The number of nitrogens with zero attached hydrogens (tertiary/aromatic N) is 7. The van der Waals surface area contributed by atoms with Gasteiger partial charge in [-0.25, -0.2) is 14.6 Å². The molecule has 2 N–H and O–H groups in total. The normalized spacial score (nSPS) is 10.7. The Hall–Kier alpha value is -4.08. The SMILES string of the molecule is Cc1ccn(-c2cc(NCCNC(=O)c3cnn(-c4ccccc4)n3)ncn2)n1. The number of hydrogen-bond acceptors (Lipinski definition) is 7. The zero-order chi connectivity index (χ0) is 20.1. The lowest BCUT2D eigenvalue weighted by molar-refractivity contribution is 0.0950. The van der Waals surface area contributed by atoms with Gasteiger partial charge in [0.25, 0.3) is 5.91 Å². The summed E-state index contributed by atoms with van der Waals surface area (Å²) in [6.07, 6.45) is 4.75. The number of para-hydroxylation sites is 1. The number of aromatic nitrogens is 7. The third-order valence-corrected chi connectivity index (χ3v) is 4.04. The molecule has 0 bridgehead atoms. The van der Waals surface area contributed by atoms with Crippen molar-refractivity contribution in [2.75, 3.05) is 18.4 Å². The molecule has 3 heterocycles. The number of carbonyl (C=O) groups excluding carboxylic acids is 1. The van der Waals surface area contributed by atoms with Gasteiger partial charge in [-0.2, -0.15) is 15.0 Å². The van der Waals surface area contributed by atoms with Crippen LogP contribution in [0.25, 0.3) is 11.5 Å². The molecular weight excluding hydrogens is 370 g/mol. The fraction of sp³-hybridized carbons (Fsp3) is 0.158. The lowest BCUT2D eigenvalue weighted by Gasteiger charge is -2.07. The van der Waals surface area contributed by atoms with Gasteiger partial charge in [-0.1, -0.05) is 18.2 Å². The molecule has 1 amide bonds. The van der Waals surface area contributed by atoms with Crippen molar-refractivity contribution in [1.82, 2.24) is 40.1 Å². The zero-order valence-corrected chi connectivity index (χ0v) is 15.7. The van der Waals surface area contributed by atoms with Crippen LogP contribution in [0, 0.1) is 6.92 Å². The molecule has 29 heavy (non-hydrogen) atoms. The van der Waals surface area contributed by atoms with E-state index < -0.39 is 0 Å². The van der Waals surface area contributed by atoms with Crippen molar-refractivity contribution in [3.05, 3.63) is 72.6 Å². The van der Waals surface area contributed by atoms with Crippen molar-refractivity contribution in [3.63, 3.8) is 0 Å². The second-order valence-electron chi connectivity index (χ2n) is 6.20. The highest BCUT2D eigenvalue weighted by atomic mass is 16.2. The number of aryl methyl sites for hydroxylation is 1. The number of nitrogens with one attached hydrogen (secondary N) is 2. The van der Waals surface area contributed by atoms with E-state index in [-0.39, 0.29) is 11.6 Å². The van der Waals surface area contributed by atoms with E-state index >= 15 is 0 Å². The molecule has 3 aromatic heterocycles. The monoisotopic (exact) mass is 389 g/mol. The highest BCUT2D eigenvalue weighted by Crippen LogP contribution is 2.08. The summed E-state index contributed by atoms with van der Waals surface area (Å²) in [5.41, 5.74) is 1.96. The number of anilines is 1. The molecule has 4 rings (SSSR count). The standard InChI is InChI=1S/C19H19N9O/c1-14-7-10-27(25-14)18-11-17(22-13-23-18)20-8-9-21-19(29)16-12-24-28(26-16)15-5-3-2-4-6-15/h2-7,10-13H,8-9H2,1H3,(H,21,29)(H,20,22,23). The maximum absolute atomic E-state index is 12.3. The van der Waals surface area contributed by atoms with Gasteiger partial charge < -0.3 is 10.6 Å². The summed E-state index contributed by atoms with van der Waals surface area (Å²) in [6, 6.07) is 13.1. The molecule has 0 aliphatic heterocycles. The fourth-order valence-electron chi connectivity index (χ4n) is 2.62. The van der Waals surface area contributed by atoms with E-state index in [1.165, 1.54) is 17.3 Å². The second kappa shape index (κ2) is 8.30. The highest BCUT2D eigenvalue weighted by molar-refractivity contribution is 5.91. The molecule has 0 aliphatic carbocycles. The fourth-order valence-corrected chi connectivity index (χ4v) is 2.62. The lowest BCUT2D eigenvalue weighted by atomic mass is 10.3. The molecule has 0 fully saturated rings. The van der Waals surface area contributed by atoms with Crippen LogP contribution in [0.4, 0.5) is 5.82 Å². The van der Waals surface area contributed by atoms with Gasteiger partial charge in [0.2, 0.25) is 0 Å². The van der Waals surface area contributed by atoms with Crippen molar-refractivity contribution < 1.29 is 4.79 Å². The van der Waals surface area contributed by atoms with Crippen LogP contribution in [-0.2, 0) is 0 Å². The lowest BCUT2D eigenvalue weighted by Crippen LogP contribution is -2.29. The van der Waals surface area contributed by atoms with Crippen molar-refractivity contribution in [2.24, 2.45) is 0 Å². The molecule has 1 aromatic carbocycles. The van der Waals surface area contributed by atoms with Crippen molar-refractivity contribution in [3.8, 4) is 11.5 Å². The molecule has 10 nitrogen and oxygen atoms in total. The predicted octanol–water partition coefficient (Wildman–Crippen LogP) is 1.39. The summed E-state index contributed by atoms with van der Waals surface area (Å²) in [5.74, 6) is 1.02. The molecule has 4 aromatic rings. The van der Waals surface area contributed by atoms with Gasteiger partial charge in [-0.05, 0) is 25.1 Å². The first-order valence-electron chi connectivity index (χ1n) is 9.03. The summed E-state index contributed by atoms with van der Waals surface area (Å²) < 4.78 is 1.68. The minimum atomic E-state index is -0.288. The zero-order valence-electron chi connectivity index (χ0n) is 15.7. The minimum Gasteiger partial charge on any atom is -0.368 e. The third-order valence-electron chi connectivity index (χ3n) is 4.04. The molecule has 0 radical (unpaired) electrons. The smallest absolute Gasteiger partial charge is 0.273 e. The Balaban J connectivity index is 1.29. The first-order chi connectivity index (χ1) is 14.2. The maximum atomic E-state index is 12.3. The number of carbonyl (C=O) groups is 1. The van der Waals surface area contributed by atoms with Crippen LogP contribution in [-0.4, -0.2) is 53.7 Å². The Labute approximate surface area is 166 Å². The van der Waals surface area contributed by atoms with E-state index in [1.807, 2.05) is 49.5 Å². The first-order valence-corrected chi connectivity index (χ1v) is 9.03. The first kappa shape index (κ1) is 18.3. The molecule has 0 atom stereocenters. The van der Waals surface area contributed by atoms with Crippen LogP contribution in [0.5, 0.6) is 0 Å². The summed E-state index contributed by atoms with van der Waals surface area (Å²) >= 11 is 0. The Bertz CT molecular complexity index is 1100. The highest BCUT2D eigenvalue weighted by Gasteiger charge is 2.11. The van der Waals surface area contributed by atoms with E-state index in [9.17, 15) is 4.79 Å². The Morgan fingerprint density at radius 3 is 2.72 bits per heavy atom. The average molecular weight is 389 g/mol. The van der Waals surface area contributed by atoms with Gasteiger partial charge in [0, 0.05) is 25.4 Å². The summed E-state index contributed by atoms with van der Waals surface area (Å²) in [5, 5.41) is 18.6. The number of amides is 1. The van der Waals surface area contributed by atoms with Gasteiger partial charge in [0.15, 0.2) is 11.5 Å². The topological polar surface area (TPSA) is 115 Å². The molecule has 0 aliphatic rings. The van der Waals surface area contributed by atoms with Crippen molar-refractivity contribution >= 4 is 11.7 Å². The quantitative estimate of drug-likeness (QED) is 0.459. The van der Waals surface area contributed by atoms with E-state index in [1.54, 1.807) is 10.7 Å². The molecule has 0 spiro atoms. The second-order valence-corrected chi connectivity index (χ2v) is 6.20. The minimum absolute atomic E-state index is 0.257. The molecule has 0 unspecified atom stereocenters. The van der Waals surface area contributed by atoms with Crippen LogP contribution >= 0.6 is 0 Å². The Morgan fingerprint density at radius 1 is 1.07 bits per heavy atom. The summed E-state index contributed by atoms with van der Waals surface area (Å²) in [4.78, 5) is 22.1. The predicted molar refractivity (Wildman–Crippen MR) is 106 cm³/mol. The van der Waals surface area contributed by atoms with Gasteiger partial charge in [-0.15, -0.1) is 5.10 Å². The Kier molecular flexibility index (Phi) is 5.23. The van der Waals surface area contributed by atoms with Crippen LogP contribution in [0.3, 0.4) is 0 Å². The van der Waals surface area contributed by atoms with Gasteiger partial charge in [-0.3, -0.25) is 4.79 Å². The number of benzene rings is 1. The van der Waals surface area contributed by atoms with Gasteiger partial charge in [0.05, 0.1) is 17.6 Å². The summed E-state index contributed by atoms with van der Waals surface area (Å²) in [7, 11) is 0. The number of hydrogen-bond donors (Lipinski definition) is 2. The van der Waals surface area contributed by atoms with Crippen LogP contribution in [0.1, 0.15) is 16.2 Å². The summed E-state index contributed by atoms with van der Waals surface area (Å²) in [6.45, 7) is 2.81. The maximum Gasteiger partial charge on any atom is 0.273 e. The largest absolute Gasteiger partial charge is 0.368 e. The van der Waals surface area contributed by atoms with Crippen molar-refractivity contribution in [1.29, 1.82) is 0 Å². The van der Waals surface area contributed by atoms with Crippen LogP contribution < -0.4 is 10.6 Å². The van der Waals surface area contributed by atoms with E-state index in [0.717, 1.165) is 11.4 Å². The van der Waals surface area contributed by atoms with Crippen molar-refractivity contribution in [2.45, 2.75) is 6.92 Å². The molecule has 0 saturated heterocycles. The van der Waals surface area contributed by atoms with Crippen LogP contribution in [0.2, 0.25) is 0 Å². The van der Waals surface area contributed by atoms with Crippen LogP contribution in [0.15, 0.2) is 61.2 Å². The van der Waals surface area contributed by atoms with E-state index in [2.05, 4.69) is 35.9 Å². The van der Waals surface area contributed by atoms with E-state index in [4.69, 9.17) is 0 Å². The van der Waals surface area contributed by atoms with Gasteiger partial charge >= 0.3 is 0 Å². The van der Waals surface area contributed by atoms with E-state index in [0.29, 0.717) is 24.7 Å². The molecular formula is C19H19N9O. The molecule has 10 heteroatoms. The third kappa shape index (κ3) is 4.43. The van der Waals surface area contributed by atoms with Gasteiger partial charge in [0.1, 0.15) is 12.1 Å².